The van der Waals surface area contributed by atoms with Crippen LogP contribution in [0.15, 0.2) is 21.7 Å². The lowest BCUT2D eigenvalue weighted by Crippen LogP contribution is -2.52. The van der Waals surface area contributed by atoms with Crippen molar-refractivity contribution in [3.63, 3.8) is 0 Å². The first-order valence-corrected chi connectivity index (χ1v) is 12.3. The Morgan fingerprint density at radius 1 is 1.25 bits per heavy atom. The molecule has 2 aromatic heterocycles. The highest BCUT2D eigenvalue weighted by Crippen LogP contribution is 2.28. The summed E-state index contributed by atoms with van der Waals surface area (Å²) in [5.41, 5.74) is 0.820. The standard InChI is InChI=1S/C17H23ClN4O3S3/c1-17(2,3)15-20-12(11-26-15)10-19-16(23)21-6-8-22(9-7-21)28(24,25)14-5-4-13(18)27-14/h4-5,11H,6-10H2,1-3H3,(H,19,23). The number of thiophene rings is 1. The molecule has 2 amide bonds. The monoisotopic (exact) mass is 462 g/mol. The molecule has 3 rings (SSSR count). The molecule has 0 unspecified atom stereocenters. The first kappa shape index (κ1) is 21.5. The van der Waals surface area contributed by atoms with E-state index in [1.165, 1.54) is 10.4 Å². The fraction of sp³-hybridized carbons (Fsp3) is 0.529. The second-order valence-corrected chi connectivity index (χ2v) is 12.2. The number of hydrogen-bond acceptors (Lipinski definition) is 6. The summed E-state index contributed by atoms with van der Waals surface area (Å²) in [6, 6.07) is 2.88. The third kappa shape index (κ3) is 4.85. The van der Waals surface area contributed by atoms with Gasteiger partial charge < -0.3 is 10.2 Å². The van der Waals surface area contributed by atoms with Crippen LogP contribution >= 0.6 is 34.3 Å². The van der Waals surface area contributed by atoms with Gasteiger partial charge in [-0.2, -0.15) is 4.31 Å². The maximum absolute atomic E-state index is 12.6. The third-order valence-electron chi connectivity index (χ3n) is 4.28. The molecule has 28 heavy (non-hydrogen) atoms. The van der Waals surface area contributed by atoms with Crippen molar-refractivity contribution in [1.82, 2.24) is 19.5 Å². The van der Waals surface area contributed by atoms with Gasteiger partial charge in [-0.1, -0.05) is 32.4 Å². The maximum atomic E-state index is 12.6. The number of nitrogens with zero attached hydrogens (tertiary/aromatic N) is 3. The normalized spacial score (nSPS) is 16.4. The summed E-state index contributed by atoms with van der Waals surface area (Å²) in [7, 11) is -3.56. The minimum absolute atomic E-state index is 0.0124. The van der Waals surface area contributed by atoms with Crippen LogP contribution < -0.4 is 5.32 Å². The minimum Gasteiger partial charge on any atom is -0.332 e. The topological polar surface area (TPSA) is 82.6 Å². The summed E-state index contributed by atoms with van der Waals surface area (Å²) >= 11 is 8.48. The lowest BCUT2D eigenvalue weighted by atomic mass is 9.98. The zero-order valence-electron chi connectivity index (χ0n) is 15.9. The van der Waals surface area contributed by atoms with Gasteiger partial charge >= 0.3 is 6.03 Å². The van der Waals surface area contributed by atoms with Crippen LogP contribution in [0.1, 0.15) is 31.5 Å². The lowest BCUT2D eigenvalue weighted by Gasteiger charge is -2.33. The number of amides is 2. The number of halogens is 1. The molecular weight excluding hydrogens is 440 g/mol. The molecule has 0 radical (unpaired) electrons. The number of thiazole rings is 1. The molecule has 154 valence electrons. The van der Waals surface area contributed by atoms with E-state index in [1.54, 1.807) is 22.3 Å². The molecule has 1 aliphatic heterocycles. The van der Waals surface area contributed by atoms with E-state index >= 15 is 0 Å². The van der Waals surface area contributed by atoms with Gasteiger partial charge in [0, 0.05) is 37.0 Å². The van der Waals surface area contributed by atoms with Crippen LogP contribution in [0, 0.1) is 0 Å². The summed E-state index contributed by atoms with van der Waals surface area (Å²) in [5, 5.41) is 5.86. The van der Waals surface area contributed by atoms with Crippen molar-refractivity contribution in [2.75, 3.05) is 26.2 Å². The summed E-state index contributed by atoms with van der Waals surface area (Å²) in [5.74, 6) is 0. The molecule has 3 heterocycles. The van der Waals surface area contributed by atoms with Crippen LogP contribution in [0.25, 0.3) is 0 Å². The van der Waals surface area contributed by atoms with Crippen LogP contribution in [-0.4, -0.2) is 54.8 Å². The van der Waals surface area contributed by atoms with Gasteiger partial charge in [0.25, 0.3) is 10.0 Å². The first-order chi connectivity index (χ1) is 13.1. The van der Waals surface area contributed by atoms with Gasteiger partial charge in [-0.3, -0.25) is 0 Å². The van der Waals surface area contributed by atoms with Gasteiger partial charge in [0.05, 0.1) is 21.6 Å². The molecule has 0 aliphatic carbocycles. The van der Waals surface area contributed by atoms with Gasteiger partial charge in [0.15, 0.2) is 0 Å². The average Bonchev–Trinajstić information content (AvgIpc) is 3.29. The van der Waals surface area contributed by atoms with Crippen LogP contribution in [0.2, 0.25) is 4.34 Å². The number of hydrogen-bond donors (Lipinski definition) is 1. The predicted molar refractivity (Wildman–Crippen MR) is 113 cm³/mol. The van der Waals surface area contributed by atoms with Crippen LogP contribution in [0.3, 0.4) is 0 Å². The maximum Gasteiger partial charge on any atom is 0.317 e. The number of sulfonamides is 1. The van der Waals surface area contributed by atoms with E-state index in [1.807, 2.05) is 5.38 Å². The van der Waals surface area contributed by atoms with Gasteiger partial charge in [-0.25, -0.2) is 18.2 Å². The van der Waals surface area contributed by atoms with Gasteiger partial charge in [-0.15, -0.1) is 22.7 Å². The SMILES string of the molecule is CC(C)(C)c1nc(CNC(=O)N2CCN(S(=O)(=O)c3ccc(Cl)s3)CC2)cs1. The summed E-state index contributed by atoms with van der Waals surface area (Å²) in [6.45, 7) is 7.87. The predicted octanol–water partition coefficient (Wildman–Crippen LogP) is 3.37. The van der Waals surface area contributed by atoms with Gasteiger partial charge in [0.2, 0.25) is 0 Å². The molecule has 1 aliphatic rings. The number of nitrogens with one attached hydrogen (secondary N) is 1. The zero-order valence-corrected chi connectivity index (χ0v) is 19.1. The van der Waals surface area contributed by atoms with E-state index in [-0.39, 0.29) is 28.7 Å². The molecule has 2 aromatic rings. The van der Waals surface area contributed by atoms with Crippen molar-refractivity contribution in [3.8, 4) is 0 Å². The highest BCUT2D eigenvalue weighted by molar-refractivity contribution is 7.91. The lowest BCUT2D eigenvalue weighted by molar-refractivity contribution is 0.172. The molecule has 1 N–H and O–H groups in total. The Morgan fingerprint density at radius 2 is 1.93 bits per heavy atom. The highest BCUT2D eigenvalue weighted by Gasteiger charge is 2.31. The first-order valence-electron chi connectivity index (χ1n) is 8.80. The number of rotatable bonds is 4. The fourth-order valence-corrected chi connectivity index (χ4v) is 6.67. The van der Waals surface area contributed by atoms with Crippen molar-refractivity contribution in [1.29, 1.82) is 0 Å². The summed E-state index contributed by atoms with van der Waals surface area (Å²) in [6.07, 6.45) is 0. The summed E-state index contributed by atoms with van der Waals surface area (Å²) in [4.78, 5) is 18.6. The average molecular weight is 463 g/mol. The number of carbonyl (C=O) groups is 1. The summed E-state index contributed by atoms with van der Waals surface area (Å²) < 4.78 is 27.3. The van der Waals surface area contributed by atoms with Gasteiger partial charge in [-0.05, 0) is 12.1 Å². The van der Waals surface area contributed by atoms with E-state index in [2.05, 4.69) is 31.1 Å². The van der Waals surface area contributed by atoms with Crippen molar-refractivity contribution in [2.24, 2.45) is 0 Å². The van der Waals surface area contributed by atoms with Crippen LogP contribution in [0.4, 0.5) is 4.79 Å². The van der Waals surface area contributed by atoms with E-state index < -0.39 is 10.0 Å². The van der Waals surface area contributed by atoms with Crippen molar-refractivity contribution >= 4 is 50.3 Å². The Hall–Kier alpha value is -1.20. The Morgan fingerprint density at radius 3 is 2.46 bits per heavy atom. The number of piperazine rings is 1. The molecule has 0 saturated carbocycles. The van der Waals surface area contributed by atoms with Crippen molar-refractivity contribution in [2.45, 2.75) is 36.9 Å². The third-order valence-corrected chi connectivity index (χ3v) is 9.20. The number of carbonyl (C=O) groups excluding carboxylic acids is 1. The smallest absolute Gasteiger partial charge is 0.317 e. The second-order valence-electron chi connectivity index (χ2n) is 7.50. The van der Waals surface area contributed by atoms with E-state index in [9.17, 15) is 13.2 Å². The molecule has 0 bridgehead atoms. The molecule has 0 spiro atoms. The molecule has 1 saturated heterocycles. The Labute approximate surface area is 178 Å². The van der Waals surface area contributed by atoms with Crippen molar-refractivity contribution in [3.05, 3.63) is 32.6 Å². The highest BCUT2D eigenvalue weighted by atomic mass is 35.5. The van der Waals surface area contributed by atoms with E-state index in [0.29, 0.717) is 24.0 Å². The number of aromatic nitrogens is 1. The number of urea groups is 1. The van der Waals surface area contributed by atoms with Crippen LogP contribution in [0.5, 0.6) is 0 Å². The Balaban J connectivity index is 1.52. The van der Waals surface area contributed by atoms with E-state index in [0.717, 1.165) is 22.0 Å². The molecular formula is C17H23ClN4O3S3. The molecule has 1 fully saturated rings. The Bertz CT molecular complexity index is 941. The Kier molecular flexibility index (Phi) is 6.35. The molecule has 11 heteroatoms. The second kappa shape index (κ2) is 8.27. The minimum atomic E-state index is -3.56. The molecule has 7 nitrogen and oxygen atoms in total. The zero-order chi connectivity index (χ0) is 20.5. The van der Waals surface area contributed by atoms with E-state index in [4.69, 9.17) is 11.6 Å². The van der Waals surface area contributed by atoms with Crippen molar-refractivity contribution < 1.29 is 13.2 Å². The van der Waals surface area contributed by atoms with Crippen LogP contribution in [-0.2, 0) is 22.0 Å². The molecule has 0 aromatic carbocycles. The largest absolute Gasteiger partial charge is 0.332 e. The quantitative estimate of drug-likeness (QED) is 0.755. The molecule has 0 atom stereocenters. The fourth-order valence-electron chi connectivity index (χ4n) is 2.71. The van der Waals surface area contributed by atoms with Gasteiger partial charge in [0.1, 0.15) is 4.21 Å².